The van der Waals surface area contributed by atoms with E-state index in [9.17, 15) is 18.0 Å². The standard InChI is InChI=1S/C17H16F3NO3S/c18-17(19,20)24-13-4-1-3-12(11-13)16(22)21-7-6-15(25-10-8-21)14-5-2-9-23-14/h1-5,9,11,15H,6-8,10H2/t15-/m1/s1. The largest absolute Gasteiger partial charge is 0.573 e. The van der Waals surface area contributed by atoms with Crippen molar-refractivity contribution in [2.75, 3.05) is 18.8 Å². The summed E-state index contributed by atoms with van der Waals surface area (Å²) in [6.07, 6.45) is -2.43. The third-order valence-electron chi connectivity index (χ3n) is 3.80. The maximum atomic E-state index is 12.6. The highest BCUT2D eigenvalue weighted by Gasteiger charge is 2.31. The molecule has 1 aromatic heterocycles. The Morgan fingerprint density at radius 1 is 1.24 bits per heavy atom. The first-order valence-electron chi connectivity index (χ1n) is 7.72. The number of alkyl halides is 3. The van der Waals surface area contributed by atoms with E-state index in [0.29, 0.717) is 13.1 Å². The number of halogens is 3. The summed E-state index contributed by atoms with van der Waals surface area (Å²) < 4.78 is 46.3. The minimum atomic E-state index is -4.78. The van der Waals surface area contributed by atoms with Gasteiger partial charge < -0.3 is 14.1 Å². The summed E-state index contributed by atoms with van der Waals surface area (Å²) in [6.45, 7) is 1.05. The van der Waals surface area contributed by atoms with Crippen molar-refractivity contribution >= 4 is 17.7 Å². The van der Waals surface area contributed by atoms with E-state index in [4.69, 9.17) is 4.42 Å². The van der Waals surface area contributed by atoms with Crippen molar-refractivity contribution in [2.45, 2.75) is 18.0 Å². The van der Waals surface area contributed by atoms with Gasteiger partial charge >= 0.3 is 6.36 Å². The summed E-state index contributed by atoms with van der Waals surface area (Å²) in [4.78, 5) is 14.3. The SMILES string of the molecule is O=C(c1cccc(OC(F)(F)F)c1)N1CCS[C@@H](c2ccco2)CC1. The van der Waals surface area contributed by atoms with Crippen LogP contribution in [0.3, 0.4) is 0 Å². The van der Waals surface area contributed by atoms with Crippen LogP contribution in [0.25, 0.3) is 0 Å². The minimum absolute atomic E-state index is 0.174. The molecule has 1 aliphatic rings. The molecule has 0 unspecified atom stereocenters. The van der Waals surface area contributed by atoms with Crippen LogP contribution in [0.15, 0.2) is 47.1 Å². The molecule has 3 rings (SSSR count). The van der Waals surface area contributed by atoms with Crippen LogP contribution in [0.2, 0.25) is 0 Å². The lowest BCUT2D eigenvalue weighted by atomic mass is 10.1. The molecule has 2 heterocycles. The van der Waals surface area contributed by atoms with Gasteiger partial charge in [0, 0.05) is 24.4 Å². The van der Waals surface area contributed by atoms with Gasteiger partial charge in [-0.05, 0) is 36.8 Å². The molecule has 1 aliphatic heterocycles. The van der Waals surface area contributed by atoms with Gasteiger partial charge in [0.1, 0.15) is 11.5 Å². The van der Waals surface area contributed by atoms with E-state index in [1.165, 1.54) is 18.2 Å². The van der Waals surface area contributed by atoms with Crippen LogP contribution >= 0.6 is 11.8 Å². The molecular weight excluding hydrogens is 355 g/mol. The number of ether oxygens (including phenoxy) is 1. The highest BCUT2D eigenvalue weighted by molar-refractivity contribution is 7.99. The van der Waals surface area contributed by atoms with E-state index in [0.717, 1.165) is 24.0 Å². The van der Waals surface area contributed by atoms with Crippen molar-refractivity contribution < 1.29 is 27.1 Å². The predicted octanol–water partition coefficient (Wildman–Crippen LogP) is 4.50. The van der Waals surface area contributed by atoms with Crippen molar-refractivity contribution in [3.05, 3.63) is 54.0 Å². The van der Waals surface area contributed by atoms with E-state index >= 15 is 0 Å². The molecule has 0 bridgehead atoms. The predicted molar refractivity (Wildman–Crippen MR) is 87.6 cm³/mol. The average Bonchev–Trinajstić information content (AvgIpc) is 2.98. The Hall–Kier alpha value is -2.09. The fourth-order valence-corrected chi connectivity index (χ4v) is 3.86. The van der Waals surface area contributed by atoms with Gasteiger partial charge in [0.05, 0.1) is 11.5 Å². The molecule has 134 valence electrons. The molecule has 0 N–H and O–H groups in total. The fourth-order valence-electron chi connectivity index (χ4n) is 2.68. The highest BCUT2D eigenvalue weighted by atomic mass is 32.2. The van der Waals surface area contributed by atoms with Crippen molar-refractivity contribution in [3.8, 4) is 5.75 Å². The Morgan fingerprint density at radius 2 is 2.08 bits per heavy atom. The van der Waals surface area contributed by atoms with Crippen LogP contribution in [0.4, 0.5) is 13.2 Å². The smallest absolute Gasteiger partial charge is 0.468 e. The third kappa shape index (κ3) is 4.72. The van der Waals surface area contributed by atoms with Gasteiger partial charge in [-0.2, -0.15) is 0 Å². The Kier molecular flexibility index (Phi) is 5.27. The third-order valence-corrected chi connectivity index (χ3v) is 5.09. The maximum Gasteiger partial charge on any atom is 0.573 e. The van der Waals surface area contributed by atoms with Crippen molar-refractivity contribution in [1.29, 1.82) is 0 Å². The van der Waals surface area contributed by atoms with Gasteiger partial charge in [-0.25, -0.2) is 0 Å². The van der Waals surface area contributed by atoms with Crippen LogP contribution < -0.4 is 4.74 Å². The molecule has 0 aliphatic carbocycles. The number of carbonyl (C=O) groups excluding carboxylic acids is 1. The van der Waals surface area contributed by atoms with Crippen molar-refractivity contribution in [2.24, 2.45) is 0 Å². The molecule has 0 spiro atoms. The number of benzene rings is 1. The first kappa shape index (κ1) is 17.7. The molecule has 4 nitrogen and oxygen atoms in total. The molecular formula is C17H16F3NO3S. The zero-order chi connectivity index (χ0) is 17.9. The first-order chi connectivity index (χ1) is 11.9. The van der Waals surface area contributed by atoms with E-state index in [1.54, 1.807) is 22.9 Å². The normalized spacial score (nSPS) is 18.7. The Balaban J connectivity index is 1.68. The zero-order valence-electron chi connectivity index (χ0n) is 13.2. The summed E-state index contributed by atoms with van der Waals surface area (Å²) in [5.74, 6) is 0.916. The minimum Gasteiger partial charge on any atom is -0.468 e. The number of thioether (sulfide) groups is 1. The molecule has 1 saturated heterocycles. The van der Waals surface area contributed by atoms with Gasteiger partial charge in [-0.3, -0.25) is 4.79 Å². The van der Waals surface area contributed by atoms with E-state index in [-0.39, 0.29) is 16.7 Å². The van der Waals surface area contributed by atoms with E-state index < -0.39 is 12.1 Å². The lowest BCUT2D eigenvalue weighted by molar-refractivity contribution is -0.274. The van der Waals surface area contributed by atoms with Gasteiger partial charge in [0.15, 0.2) is 0 Å². The van der Waals surface area contributed by atoms with Crippen molar-refractivity contribution in [3.63, 3.8) is 0 Å². The summed E-state index contributed by atoms with van der Waals surface area (Å²) in [5, 5.41) is 0.174. The monoisotopic (exact) mass is 371 g/mol. The van der Waals surface area contributed by atoms with Gasteiger partial charge in [0.25, 0.3) is 5.91 Å². The first-order valence-corrected chi connectivity index (χ1v) is 8.77. The topological polar surface area (TPSA) is 42.7 Å². The zero-order valence-corrected chi connectivity index (χ0v) is 14.0. The maximum absolute atomic E-state index is 12.6. The Morgan fingerprint density at radius 3 is 2.80 bits per heavy atom. The van der Waals surface area contributed by atoms with Gasteiger partial charge in [0.2, 0.25) is 0 Å². The molecule has 1 atom stereocenters. The number of carbonyl (C=O) groups is 1. The Labute approximate surface area is 146 Å². The molecule has 25 heavy (non-hydrogen) atoms. The van der Waals surface area contributed by atoms with E-state index in [1.807, 2.05) is 12.1 Å². The van der Waals surface area contributed by atoms with Crippen LogP contribution in [0.1, 0.15) is 27.8 Å². The molecule has 1 aromatic carbocycles. The number of furan rings is 1. The molecule has 0 saturated carbocycles. The van der Waals surface area contributed by atoms with Crippen LogP contribution in [0, 0.1) is 0 Å². The molecule has 0 radical (unpaired) electrons. The number of hydrogen-bond acceptors (Lipinski definition) is 4. The molecule has 2 aromatic rings. The second-order valence-electron chi connectivity index (χ2n) is 5.53. The molecule has 1 fully saturated rings. The number of rotatable bonds is 3. The van der Waals surface area contributed by atoms with Gasteiger partial charge in [-0.15, -0.1) is 24.9 Å². The van der Waals surface area contributed by atoms with Crippen LogP contribution in [-0.4, -0.2) is 36.0 Å². The quantitative estimate of drug-likeness (QED) is 0.797. The van der Waals surface area contributed by atoms with E-state index in [2.05, 4.69) is 4.74 Å². The van der Waals surface area contributed by atoms with Crippen molar-refractivity contribution in [1.82, 2.24) is 4.90 Å². The number of hydrogen-bond donors (Lipinski definition) is 0. The summed E-state index contributed by atoms with van der Waals surface area (Å²) in [6, 6.07) is 8.91. The number of nitrogens with zero attached hydrogens (tertiary/aromatic N) is 1. The fraction of sp³-hybridized carbons (Fsp3) is 0.353. The second-order valence-corrected chi connectivity index (χ2v) is 6.84. The molecule has 1 amide bonds. The summed E-state index contributed by atoms with van der Waals surface area (Å²) >= 11 is 1.71. The molecule has 8 heteroatoms. The van der Waals surface area contributed by atoms with Crippen LogP contribution in [-0.2, 0) is 0 Å². The Bertz CT molecular complexity index is 718. The second kappa shape index (κ2) is 7.43. The van der Waals surface area contributed by atoms with Gasteiger partial charge in [-0.1, -0.05) is 6.07 Å². The summed E-state index contributed by atoms with van der Waals surface area (Å²) in [5.41, 5.74) is 0.184. The number of amides is 1. The highest BCUT2D eigenvalue weighted by Crippen LogP contribution is 2.35. The lowest BCUT2D eigenvalue weighted by Crippen LogP contribution is -2.33. The average molecular weight is 371 g/mol. The summed E-state index contributed by atoms with van der Waals surface area (Å²) in [7, 11) is 0. The lowest BCUT2D eigenvalue weighted by Gasteiger charge is -2.20. The van der Waals surface area contributed by atoms with Crippen LogP contribution in [0.5, 0.6) is 5.75 Å².